The third kappa shape index (κ3) is 4.22. The molecule has 0 unspecified atom stereocenters. The van der Waals surface area contributed by atoms with Crippen molar-refractivity contribution in [2.45, 2.75) is 25.5 Å². The van der Waals surface area contributed by atoms with E-state index in [4.69, 9.17) is 0 Å². The topological polar surface area (TPSA) is 81.3 Å². The van der Waals surface area contributed by atoms with Gasteiger partial charge in [-0.3, -0.25) is 18.6 Å². The van der Waals surface area contributed by atoms with Crippen molar-refractivity contribution in [3.63, 3.8) is 0 Å². The van der Waals surface area contributed by atoms with Crippen molar-refractivity contribution in [1.82, 2.24) is 19.2 Å². The van der Waals surface area contributed by atoms with Gasteiger partial charge < -0.3 is 5.32 Å². The number of halogens is 1. The normalized spacial score (nSPS) is 11.4. The Balaban J connectivity index is 1.46. The maximum atomic E-state index is 13.3. The number of fused-ring (bicyclic) bond motifs is 3. The Hall–Kier alpha value is -3.50. The molecule has 0 saturated carbocycles. The molecule has 3 heterocycles. The highest BCUT2D eigenvalue weighted by atomic mass is 32.2. The highest BCUT2D eigenvalue weighted by molar-refractivity contribution is 7.99. The lowest BCUT2D eigenvalue weighted by atomic mass is 10.1. The Morgan fingerprint density at radius 2 is 1.91 bits per heavy atom. The first-order valence-corrected chi connectivity index (χ1v) is 12.4. The van der Waals surface area contributed by atoms with Crippen LogP contribution in [0.2, 0.25) is 0 Å². The number of rotatable bonds is 6. The van der Waals surface area contributed by atoms with Crippen molar-refractivity contribution in [2.24, 2.45) is 0 Å². The molecule has 5 aromatic rings. The quantitative estimate of drug-likeness (QED) is 0.349. The number of carbonyl (C=O) groups excluding carboxylic acids is 1. The molecule has 0 radical (unpaired) electrons. The summed E-state index contributed by atoms with van der Waals surface area (Å²) in [6.45, 7) is 4.15. The van der Waals surface area contributed by atoms with E-state index in [1.165, 1.54) is 39.8 Å². The van der Waals surface area contributed by atoms with Crippen LogP contribution in [0.3, 0.4) is 0 Å². The third-order valence-corrected chi connectivity index (χ3v) is 7.26. The molecule has 0 saturated heterocycles. The van der Waals surface area contributed by atoms with Crippen molar-refractivity contribution < 1.29 is 9.18 Å². The first-order chi connectivity index (χ1) is 16.4. The van der Waals surface area contributed by atoms with E-state index in [-0.39, 0.29) is 29.6 Å². The number of carbonyl (C=O) groups is 1. The lowest BCUT2D eigenvalue weighted by molar-refractivity contribution is -0.113. The molecule has 0 aliphatic heterocycles. The Kier molecular flexibility index (Phi) is 5.93. The van der Waals surface area contributed by atoms with E-state index in [0.29, 0.717) is 21.2 Å². The number of benzene rings is 2. The van der Waals surface area contributed by atoms with Gasteiger partial charge in [0, 0.05) is 5.69 Å². The van der Waals surface area contributed by atoms with Gasteiger partial charge in [-0.15, -0.1) is 21.5 Å². The van der Waals surface area contributed by atoms with Crippen molar-refractivity contribution in [3.05, 3.63) is 86.8 Å². The summed E-state index contributed by atoms with van der Waals surface area (Å²) in [5.41, 5.74) is 4.12. The molecule has 0 bridgehead atoms. The summed E-state index contributed by atoms with van der Waals surface area (Å²) in [7, 11) is 0. The molecule has 0 spiro atoms. The van der Waals surface area contributed by atoms with E-state index in [9.17, 15) is 14.0 Å². The predicted molar refractivity (Wildman–Crippen MR) is 133 cm³/mol. The molecule has 0 aliphatic carbocycles. The van der Waals surface area contributed by atoms with Gasteiger partial charge in [0.05, 0.1) is 17.8 Å². The van der Waals surface area contributed by atoms with Crippen molar-refractivity contribution in [1.29, 1.82) is 0 Å². The number of hydrogen-bond acceptors (Lipinski definition) is 6. The molecule has 3 aromatic heterocycles. The average Bonchev–Trinajstić information content (AvgIpc) is 3.46. The zero-order chi connectivity index (χ0) is 23.8. The van der Waals surface area contributed by atoms with Crippen molar-refractivity contribution in [3.8, 4) is 0 Å². The molecule has 172 valence electrons. The Labute approximate surface area is 202 Å². The summed E-state index contributed by atoms with van der Waals surface area (Å²) in [5, 5.41) is 13.8. The summed E-state index contributed by atoms with van der Waals surface area (Å²) in [5.74, 6) is 0.0150. The molecule has 2 aromatic carbocycles. The summed E-state index contributed by atoms with van der Waals surface area (Å²) in [6.07, 6.45) is 0. The number of hydrogen-bond donors (Lipinski definition) is 1. The van der Waals surface area contributed by atoms with E-state index < -0.39 is 0 Å². The van der Waals surface area contributed by atoms with E-state index in [1.807, 2.05) is 43.5 Å². The van der Waals surface area contributed by atoms with Gasteiger partial charge in [0.1, 0.15) is 10.5 Å². The Morgan fingerprint density at radius 1 is 1.12 bits per heavy atom. The molecule has 5 rings (SSSR count). The summed E-state index contributed by atoms with van der Waals surface area (Å²) in [6, 6.07) is 13.8. The zero-order valence-corrected chi connectivity index (χ0v) is 20.0. The van der Waals surface area contributed by atoms with Crippen molar-refractivity contribution >= 4 is 50.7 Å². The van der Waals surface area contributed by atoms with E-state index in [0.717, 1.165) is 22.4 Å². The van der Waals surface area contributed by atoms with Gasteiger partial charge >= 0.3 is 0 Å². The summed E-state index contributed by atoms with van der Waals surface area (Å²) < 4.78 is 17.2. The van der Waals surface area contributed by atoms with Crippen LogP contribution >= 0.6 is 23.1 Å². The van der Waals surface area contributed by atoms with Gasteiger partial charge in [-0.1, -0.05) is 36.0 Å². The fraction of sp³-hybridized carbons (Fsp3) is 0.167. The minimum atomic E-state index is -0.338. The second-order valence-electron chi connectivity index (χ2n) is 7.93. The van der Waals surface area contributed by atoms with Crippen LogP contribution in [0.1, 0.15) is 16.7 Å². The number of amides is 1. The van der Waals surface area contributed by atoms with E-state index in [1.54, 1.807) is 16.5 Å². The number of thioether (sulfide) groups is 1. The molecule has 34 heavy (non-hydrogen) atoms. The van der Waals surface area contributed by atoms with Gasteiger partial charge in [0.2, 0.25) is 11.7 Å². The van der Waals surface area contributed by atoms with E-state index >= 15 is 0 Å². The molecule has 0 fully saturated rings. The number of nitrogens with one attached hydrogen (secondary N) is 1. The predicted octanol–water partition coefficient (Wildman–Crippen LogP) is 4.64. The first-order valence-electron chi connectivity index (χ1n) is 10.5. The lowest BCUT2D eigenvalue weighted by Crippen LogP contribution is -2.23. The van der Waals surface area contributed by atoms with E-state index in [2.05, 4.69) is 15.5 Å². The second-order valence-corrected chi connectivity index (χ2v) is 9.78. The maximum absolute atomic E-state index is 13.3. The fourth-order valence-electron chi connectivity index (χ4n) is 3.70. The molecule has 0 aliphatic rings. The Morgan fingerprint density at radius 3 is 2.71 bits per heavy atom. The van der Waals surface area contributed by atoms with Crippen LogP contribution in [0.5, 0.6) is 0 Å². The molecule has 1 N–H and O–H groups in total. The number of anilines is 1. The van der Waals surface area contributed by atoms with Crippen LogP contribution in [-0.2, 0) is 11.3 Å². The van der Waals surface area contributed by atoms with Crippen molar-refractivity contribution in [2.75, 3.05) is 11.1 Å². The standard InChI is InChI=1S/C24H20FN5O2S2/c1-14-3-4-15(2)18(11-14)26-20(31)13-34-24-28-27-23-29(12-16-5-7-17(25)8-6-16)22(32)21-19(30(23)24)9-10-33-21/h3-11H,12-13H2,1-2H3,(H,26,31). The van der Waals surface area contributed by atoms with Gasteiger partial charge in [0.25, 0.3) is 5.56 Å². The second kappa shape index (κ2) is 9.03. The number of aryl methyl sites for hydroxylation is 2. The fourth-order valence-corrected chi connectivity index (χ4v) is 5.26. The zero-order valence-electron chi connectivity index (χ0n) is 18.4. The monoisotopic (exact) mass is 493 g/mol. The van der Waals surface area contributed by atoms with Crippen LogP contribution in [0.15, 0.2) is 63.9 Å². The van der Waals surface area contributed by atoms with Crippen LogP contribution < -0.4 is 10.9 Å². The third-order valence-electron chi connectivity index (χ3n) is 5.44. The summed E-state index contributed by atoms with van der Waals surface area (Å²) >= 11 is 2.59. The number of thiophene rings is 1. The van der Waals surface area contributed by atoms with Gasteiger partial charge in [-0.2, -0.15) is 0 Å². The smallest absolute Gasteiger partial charge is 0.273 e. The molecule has 0 atom stereocenters. The number of nitrogens with zero attached hydrogens (tertiary/aromatic N) is 4. The highest BCUT2D eigenvalue weighted by Gasteiger charge is 2.19. The molecule has 10 heteroatoms. The summed E-state index contributed by atoms with van der Waals surface area (Å²) in [4.78, 5) is 25.8. The van der Waals surface area contributed by atoms with Crippen LogP contribution in [-0.4, -0.2) is 30.8 Å². The number of aromatic nitrogens is 4. The largest absolute Gasteiger partial charge is 0.325 e. The molecular formula is C24H20FN5O2S2. The average molecular weight is 494 g/mol. The minimum Gasteiger partial charge on any atom is -0.325 e. The minimum absolute atomic E-state index is 0.136. The SMILES string of the molecule is Cc1ccc(C)c(NC(=O)CSc2nnc3n(Cc4ccc(F)cc4)c(=O)c4sccc4n23)c1. The van der Waals surface area contributed by atoms with Gasteiger partial charge in [-0.05, 0) is 60.2 Å². The first kappa shape index (κ1) is 22.3. The molecular weight excluding hydrogens is 473 g/mol. The molecule has 1 amide bonds. The van der Waals surface area contributed by atoms with Gasteiger partial charge in [0.15, 0.2) is 5.16 Å². The maximum Gasteiger partial charge on any atom is 0.273 e. The Bertz CT molecular complexity index is 1590. The van der Waals surface area contributed by atoms with Crippen LogP contribution in [0.4, 0.5) is 10.1 Å². The lowest BCUT2D eigenvalue weighted by Gasteiger charge is -2.10. The molecule has 7 nitrogen and oxygen atoms in total. The van der Waals surface area contributed by atoms with Gasteiger partial charge in [-0.25, -0.2) is 4.39 Å². The van der Waals surface area contributed by atoms with Crippen LogP contribution in [0, 0.1) is 19.7 Å². The van der Waals surface area contributed by atoms with Crippen LogP contribution in [0.25, 0.3) is 16.0 Å². The highest BCUT2D eigenvalue weighted by Crippen LogP contribution is 2.25.